The van der Waals surface area contributed by atoms with Crippen LogP contribution in [0, 0.1) is 12.7 Å². The number of ether oxygens (including phenoxy) is 2. The standard InChI is InChI=1S/C31H40FN5O5S/c1-22-16-24(7-9-26(22)32)33-29(39)36(11-5-10-35-12-14-41-15-13-35)17-23-6-8-25(19-38)37(18-23)28-21-43-20-27(28)34-30(40)42-31(2,3)4/h6-9,16,18-21,25H,5,10-15,17H2,1-4H3,(H,33,39)(H,34,40). The molecule has 3 amide bonds. The molecular weight excluding hydrogens is 573 g/mol. The Bertz CT molecular complexity index is 1350. The van der Waals surface area contributed by atoms with Gasteiger partial charge >= 0.3 is 12.1 Å². The van der Waals surface area contributed by atoms with E-state index in [2.05, 4.69) is 15.5 Å². The summed E-state index contributed by atoms with van der Waals surface area (Å²) in [5.41, 5.74) is 2.24. The molecule has 1 atom stereocenters. The Kier molecular flexibility index (Phi) is 10.9. The van der Waals surface area contributed by atoms with Crippen LogP contribution < -0.4 is 15.5 Å². The maximum Gasteiger partial charge on any atom is 0.412 e. The third-order valence-corrected chi connectivity index (χ3v) is 7.64. The lowest BCUT2D eigenvalue weighted by molar-refractivity contribution is -0.108. The molecule has 1 fully saturated rings. The maximum atomic E-state index is 13.8. The lowest BCUT2D eigenvalue weighted by Gasteiger charge is -2.32. The number of carbonyl (C=O) groups excluding carboxylic acids is 3. The van der Waals surface area contributed by atoms with Gasteiger partial charge in [0.2, 0.25) is 0 Å². The van der Waals surface area contributed by atoms with Crippen molar-refractivity contribution in [1.29, 1.82) is 0 Å². The largest absolute Gasteiger partial charge is 0.444 e. The highest BCUT2D eigenvalue weighted by molar-refractivity contribution is 7.09. The minimum absolute atomic E-state index is 0.270. The molecule has 1 unspecified atom stereocenters. The molecule has 0 radical (unpaired) electrons. The van der Waals surface area contributed by atoms with Crippen LogP contribution in [0.1, 0.15) is 32.8 Å². The summed E-state index contributed by atoms with van der Waals surface area (Å²) in [6.07, 6.45) is 6.42. The lowest BCUT2D eigenvalue weighted by Crippen LogP contribution is -2.41. The summed E-state index contributed by atoms with van der Waals surface area (Å²) in [6, 6.07) is 3.57. The SMILES string of the molecule is Cc1cc(NC(=O)N(CCCN2CCOCC2)CC2=CN(c3cscc3NC(=O)OC(C)(C)C)C(C=O)C=C2)ccc1F. The van der Waals surface area contributed by atoms with Crippen molar-refractivity contribution in [2.24, 2.45) is 0 Å². The Labute approximate surface area is 256 Å². The predicted molar refractivity (Wildman–Crippen MR) is 167 cm³/mol. The number of amides is 3. The van der Waals surface area contributed by atoms with E-state index < -0.39 is 17.7 Å². The van der Waals surface area contributed by atoms with Gasteiger partial charge in [0.05, 0.1) is 24.6 Å². The van der Waals surface area contributed by atoms with E-state index in [1.807, 2.05) is 17.7 Å². The van der Waals surface area contributed by atoms with E-state index in [1.54, 1.807) is 55.0 Å². The molecular formula is C31H40FN5O5S. The number of hydrogen-bond acceptors (Lipinski definition) is 8. The number of aldehydes is 1. The van der Waals surface area contributed by atoms with E-state index in [0.717, 1.165) is 37.9 Å². The summed E-state index contributed by atoms with van der Waals surface area (Å²) in [5, 5.41) is 9.31. The first kappa shape index (κ1) is 32.2. The van der Waals surface area contributed by atoms with Gasteiger partial charge in [0.25, 0.3) is 0 Å². The molecule has 2 N–H and O–H groups in total. The smallest absolute Gasteiger partial charge is 0.412 e. The van der Waals surface area contributed by atoms with Crippen molar-refractivity contribution in [2.45, 2.75) is 45.8 Å². The second kappa shape index (κ2) is 14.6. The van der Waals surface area contributed by atoms with E-state index in [4.69, 9.17) is 9.47 Å². The van der Waals surface area contributed by atoms with Crippen molar-refractivity contribution in [3.63, 3.8) is 0 Å². The molecule has 12 heteroatoms. The molecule has 0 saturated carbocycles. The van der Waals surface area contributed by atoms with Gasteiger partial charge < -0.3 is 29.4 Å². The number of thiophene rings is 1. The maximum absolute atomic E-state index is 13.8. The monoisotopic (exact) mass is 613 g/mol. The van der Waals surface area contributed by atoms with Crippen LogP contribution in [0.4, 0.5) is 31.0 Å². The molecule has 0 spiro atoms. The number of nitrogens with one attached hydrogen (secondary N) is 2. The van der Waals surface area contributed by atoms with Crippen molar-refractivity contribution in [3.05, 3.63) is 64.3 Å². The molecule has 0 aliphatic carbocycles. The number of nitrogens with zero attached hydrogens (tertiary/aromatic N) is 3. The van der Waals surface area contributed by atoms with E-state index in [1.165, 1.54) is 23.5 Å². The number of halogens is 1. The van der Waals surface area contributed by atoms with Crippen molar-refractivity contribution in [2.75, 3.05) is 61.5 Å². The average molecular weight is 614 g/mol. The van der Waals surface area contributed by atoms with Gasteiger partial charge in [0.15, 0.2) is 0 Å². The normalized spacial score (nSPS) is 17.3. The number of anilines is 3. The minimum atomic E-state index is -0.662. The Hall–Kier alpha value is -3.74. The summed E-state index contributed by atoms with van der Waals surface area (Å²) in [7, 11) is 0. The summed E-state index contributed by atoms with van der Waals surface area (Å²) in [5.74, 6) is -0.336. The van der Waals surface area contributed by atoms with Gasteiger partial charge in [-0.1, -0.05) is 12.2 Å². The zero-order valence-corrected chi connectivity index (χ0v) is 25.9. The fraction of sp³-hybridized carbons (Fsp3) is 0.452. The van der Waals surface area contributed by atoms with Crippen LogP contribution in [0.5, 0.6) is 0 Å². The van der Waals surface area contributed by atoms with Crippen LogP contribution >= 0.6 is 11.3 Å². The molecule has 2 aliphatic rings. The molecule has 2 aromatic rings. The number of rotatable bonds is 10. The molecule has 43 heavy (non-hydrogen) atoms. The van der Waals surface area contributed by atoms with Crippen molar-refractivity contribution in [3.8, 4) is 0 Å². The van der Waals surface area contributed by atoms with Crippen LogP contribution in [0.3, 0.4) is 0 Å². The van der Waals surface area contributed by atoms with Gasteiger partial charge in [-0.3, -0.25) is 10.2 Å². The molecule has 1 aromatic carbocycles. The van der Waals surface area contributed by atoms with Crippen molar-refractivity contribution >= 4 is 46.8 Å². The lowest BCUT2D eigenvalue weighted by atomic mass is 10.1. The fourth-order valence-electron chi connectivity index (χ4n) is 4.76. The van der Waals surface area contributed by atoms with Gasteiger partial charge in [-0.2, -0.15) is 0 Å². The third-order valence-electron chi connectivity index (χ3n) is 6.90. The summed E-state index contributed by atoms with van der Waals surface area (Å²) >= 11 is 1.38. The summed E-state index contributed by atoms with van der Waals surface area (Å²) in [6.45, 7) is 11.7. The summed E-state index contributed by atoms with van der Waals surface area (Å²) in [4.78, 5) is 43.8. The number of morpholine rings is 1. The molecule has 0 bridgehead atoms. The van der Waals surface area contributed by atoms with E-state index >= 15 is 0 Å². The van der Waals surface area contributed by atoms with Crippen LogP contribution in [0.2, 0.25) is 0 Å². The number of urea groups is 1. The summed E-state index contributed by atoms with van der Waals surface area (Å²) < 4.78 is 24.7. The Morgan fingerprint density at radius 2 is 1.98 bits per heavy atom. The Morgan fingerprint density at radius 1 is 1.21 bits per heavy atom. The molecule has 10 nitrogen and oxygen atoms in total. The second-order valence-electron chi connectivity index (χ2n) is 11.5. The zero-order chi connectivity index (χ0) is 31.0. The van der Waals surface area contributed by atoms with Crippen LogP contribution in [0.25, 0.3) is 0 Å². The quantitative estimate of drug-likeness (QED) is 0.335. The number of benzene rings is 1. The molecule has 3 heterocycles. The number of aryl methyl sites for hydroxylation is 1. The highest BCUT2D eigenvalue weighted by Gasteiger charge is 2.25. The fourth-order valence-corrected chi connectivity index (χ4v) is 5.52. The van der Waals surface area contributed by atoms with Gasteiger partial charge in [-0.15, -0.1) is 11.3 Å². The van der Waals surface area contributed by atoms with E-state index in [-0.39, 0.29) is 18.4 Å². The van der Waals surface area contributed by atoms with Gasteiger partial charge in [-0.05, 0) is 63.5 Å². The van der Waals surface area contributed by atoms with Crippen molar-refractivity contribution in [1.82, 2.24) is 9.80 Å². The first-order chi connectivity index (χ1) is 20.5. The Morgan fingerprint density at radius 3 is 2.67 bits per heavy atom. The van der Waals surface area contributed by atoms with Gasteiger partial charge in [-0.25, -0.2) is 14.0 Å². The van der Waals surface area contributed by atoms with Crippen LogP contribution in [-0.4, -0.2) is 85.8 Å². The minimum Gasteiger partial charge on any atom is -0.444 e. The number of carbonyl (C=O) groups is 3. The van der Waals surface area contributed by atoms with Crippen LogP contribution in [0.15, 0.2) is 52.9 Å². The first-order valence-corrected chi connectivity index (χ1v) is 15.3. The van der Waals surface area contributed by atoms with Crippen molar-refractivity contribution < 1.29 is 28.2 Å². The third kappa shape index (κ3) is 9.37. The Balaban J connectivity index is 1.52. The van der Waals surface area contributed by atoms with E-state index in [9.17, 15) is 18.8 Å². The molecule has 232 valence electrons. The van der Waals surface area contributed by atoms with Gasteiger partial charge in [0.1, 0.15) is 23.7 Å². The second-order valence-corrected chi connectivity index (χ2v) is 12.3. The van der Waals surface area contributed by atoms with Crippen LogP contribution in [-0.2, 0) is 14.3 Å². The average Bonchev–Trinajstić information content (AvgIpc) is 3.41. The highest BCUT2D eigenvalue weighted by atomic mass is 32.1. The molecule has 1 aromatic heterocycles. The molecule has 4 rings (SSSR count). The molecule has 2 aliphatic heterocycles. The predicted octanol–water partition coefficient (Wildman–Crippen LogP) is 5.63. The number of hydrogen-bond donors (Lipinski definition) is 2. The highest BCUT2D eigenvalue weighted by Crippen LogP contribution is 2.34. The molecule has 1 saturated heterocycles. The topological polar surface area (TPSA) is 103 Å². The van der Waals surface area contributed by atoms with E-state index in [0.29, 0.717) is 42.4 Å². The van der Waals surface area contributed by atoms with Gasteiger partial charge in [0, 0.05) is 55.4 Å². The zero-order valence-electron chi connectivity index (χ0n) is 25.1. The first-order valence-electron chi connectivity index (χ1n) is 14.3.